The Morgan fingerprint density at radius 3 is 2.76 bits per heavy atom. The molecule has 0 aliphatic heterocycles. The van der Waals surface area contributed by atoms with Gasteiger partial charge in [-0.25, -0.2) is 14.3 Å². The lowest BCUT2D eigenvalue weighted by atomic mass is 10.2. The summed E-state index contributed by atoms with van der Waals surface area (Å²) in [6, 6.07) is 6.43. The highest BCUT2D eigenvalue weighted by Crippen LogP contribution is 2.26. The van der Waals surface area contributed by atoms with Gasteiger partial charge >= 0.3 is 5.97 Å². The van der Waals surface area contributed by atoms with Crippen LogP contribution >= 0.6 is 11.3 Å². The zero-order valence-electron chi connectivity index (χ0n) is 10.8. The van der Waals surface area contributed by atoms with Crippen molar-refractivity contribution in [3.63, 3.8) is 0 Å². The van der Waals surface area contributed by atoms with Gasteiger partial charge in [-0.3, -0.25) is 0 Å². The number of thiophene rings is 1. The molecule has 0 aliphatic rings. The van der Waals surface area contributed by atoms with Crippen molar-refractivity contribution in [2.75, 3.05) is 7.11 Å². The Labute approximate surface area is 122 Å². The number of fused-ring (bicyclic) bond motifs is 1. The van der Waals surface area contributed by atoms with Gasteiger partial charge in [0.1, 0.15) is 5.69 Å². The van der Waals surface area contributed by atoms with Crippen molar-refractivity contribution in [3.05, 3.63) is 41.0 Å². The Morgan fingerprint density at radius 1 is 1.33 bits per heavy atom. The van der Waals surface area contributed by atoms with Crippen molar-refractivity contribution in [2.45, 2.75) is 0 Å². The van der Waals surface area contributed by atoms with E-state index in [1.165, 1.54) is 35.1 Å². The molecule has 0 aliphatic carbocycles. The number of ether oxygens (including phenoxy) is 1. The van der Waals surface area contributed by atoms with Crippen LogP contribution in [-0.2, 0) is 4.74 Å². The SMILES string of the molecule is COC(=O)c1cc(-c2cccs2)n2nc(C(=O)[O-])cc2n1. The largest absolute Gasteiger partial charge is 0.543 e. The number of aromatic carboxylic acids is 1. The number of carboxylic acids is 1. The van der Waals surface area contributed by atoms with E-state index in [1.54, 1.807) is 0 Å². The zero-order valence-corrected chi connectivity index (χ0v) is 11.6. The summed E-state index contributed by atoms with van der Waals surface area (Å²) in [7, 11) is 1.25. The molecule has 0 aromatic carbocycles. The Balaban J connectivity index is 2.31. The van der Waals surface area contributed by atoms with E-state index >= 15 is 0 Å². The highest BCUT2D eigenvalue weighted by atomic mass is 32.1. The summed E-state index contributed by atoms with van der Waals surface area (Å²) in [4.78, 5) is 27.5. The monoisotopic (exact) mass is 302 g/mol. The molecule has 0 bridgehead atoms. The average Bonchev–Trinajstić information content (AvgIpc) is 3.13. The van der Waals surface area contributed by atoms with Crippen LogP contribution in [0.15, 0.2) is 29.6 Å². The first-order valence-electron chi connectivity index (χ1n) is 5.84. The van der Waals surface area contributed by atoms with E-state index in [1.807, 2.05) is 17.5 Å². The van der Waals surface area contributed by atoms with Gasteiger partial charge in [-0.1, -0.05) is 6.07 Å². The average molecular weight is 302 g/mol. The summed E-state index contributed by atoms with van der Waals surface area (Å²) in [5.41, 5.74) is 0.629. The molecule has 0 fully saturated rings. The summed E-state index contributed by atoms with van der Waals surface area (Å²) in [6.45, 7) is 0. The van der Waals surface area contributed by atoms with Crippen LogP contribution in [0, 0.1) is 0 Å². The summed E-state index contributed by atoms with van der Waals surface area (Å²) in [6.07, 6.45) is 0. The number of hydrogen-bond donors (Lipinski definition) is 0. The topological polar surface area (TPSA) is 96.6 Å². The molecule has 0 radical (unpaired) electrons. The molecule has 3 heterocycles. The van der Waals surface area contributed by atoms with Crippen molar-refractivity contribution < 1.29 is 19.4 Å². The number of carbonyl (C=O) groups excluding carboxylic acids is 2. The maximum Gasteiger partial charge on any atom is 0.356 e. The third kappa shape index (κ3) is 2.25. The fourth-order valence-electron chi connectivity index (χ4n) is 1.88. The second-order valence-corrected chi connectivity index (χ2v) is 5.03. The number of hydrogen-bond acceptors (Lipinski definition) is 7. The van der Waals surface area contributed by atoms with E-state index in [2.05, 4.69) is 14.8 Å². The molecule has 0 saturated heterocycles. The minimum atomic E-state index is -1.41. The standard InChI is InChI=1S/C13H9N3O4S/c1-20-13(19)8-5-9(10-3-2-4-21-10)16-11(14-8)6-7(15-16)12(17)18/h2-6H,1H3,(H,17,18)/p-1. The molecule has 0 saturated carbocycles. The third-order valence-corrected chi connectivity index (χ3v) is 3.70. The first-order chi connectivity index (χ1) is 10.1. The third-order valence-electron chi connectivity index (χ3n) is 2.80. The van der Waals surface area contributed by atoms with Crippen LogP contribution in [0.5, 0.6) is 0 Å². The van der Waals surface area contributed by atoms with E-state index in [0.29, 0.717) is 5.69 Å². The molecule has 0 N–H and O–H groups in total. The van der Waals surface area contributed by atoms with Crippen LogP contribution in [0.25, 0.3) is 16.2 Å². The summed E-state index contributed by atoms with van der Waals surface area (Å²) in [5.74, 6) is -2.01. The number of aromatic nitrogens is 3. The van der Waals surface area contributed by atoms with Gasteiger partial charge in [0.2, 0.25) is 0 Å². The molecule has 3 rings (SSSR count). The van der Waals surface area contributed by atoms with Gasteiger partial charge in [0.25, 0.3) is 0 Å². The maximum atomic E-state index is 11.7. The van der Waals surface area contributed by atoms with Gasteiger partial charge < -0.3 is 14.6 Å². The van der Waals surface area contributed by atoms with Crippen LogP contribution in [0.2, 0.25) is 0 Å². The normalized spacial score (nSPS) is 10.7. The minimum absolute atomic E-state index is 0.0817. The van der Waals surface area contributed by atoms with Gasteiger partial charge in [-0.15, -0.1) is 11.3 Å². The smallest absolute Gasteiger partial charge is 0.356 e. The number of carboxylic acid groups (broad SMARTS) is 1. The van der Waals surface area contributed by atoms with E-state index < -0.39 is 11.9 Å². The first kappa shape index (κ1) is 13.3. The lowest BCUT2D eigenvalue weighted by Gasteiger charge is -2.05. The molecule has 3 aromatic heterocycles. The van der Waals surface area contributed by atoms with Crippen molar-refractivity contribution >= 4 is 28.9 Å². The number of nitrogens with zero attached hydrogens (tertiary/aromatic N) is 3. The van der Waals surface area contributed by atoms with E-state index in [4.69, 9.17) is 0 Å². The molecular formula is C13H8N3O4S-. The maximum absolute atomic E-state index is 11.7. The number of methoxy groups -OCH3 is 1. The molecule has 3 aromatic rings. The lowest BCUT2D eigenvalue weighted by molar-refractivity contribution is -0.255. The molecule has 0 atom stereocenters. The van der Waals surface area contributed by atoms with Crippen LogP contribution in [-0.4, -0.2) is 33.6 Å². The van der Waals surface area contributed by atoms with Gasteiger partial charge in [0.15, 0.2) is 11.3 Å². The second kappa shape index (κ2) is 4.98. The summed E-state index contributed by atoms with van der Waals surface area (Å²) >= 11 is 1.43. The number of carbonyl (C=O) groups is 2. The molecule has 0 spiro atoms. The zero-order chi connectivity index (χ0) is 15.0. The minimum Gasteiger partial charge on any atom is -0.543 e. The predicted molar refractivity (Wildman–Crippen MR) is 72.0 cm³/mol. The van der Waals surface area contributed by atoms with Crippen molar-refractivity contribution in [3.8, 4) is 10.6 Å². The van der Waals surface area contributed by atoms with Crippen molar-refractivity contribution in [2.24, 2.45) is 0 Å². The Kier molecular flexibility index (Phi) is 3.15. The van der Waals surface area contributed by atoms with Crippen LogP contribution in [0.4, 0.5) is 0 Å². The van der Waals surface area contributed by atoms with Crippen molar-refractivity contribution in [1.29, 1.82) is 0 Å². The number of esters is 1. The molecule has 21 heavy (non-hydrogen) atoms. The van der Waals surface area contributed by atoms with Crippen LogP contribution in [0.3, 0.4) is 0 Å². The molecule has 8 heteroatoms. The molecule has 0 unspecified atom stereocenters. The summed E-state index contributed by atoms with van der Waals surface area (Å²) < 4.78 is 6.02. The highest BCUT2D eigenvalue weighted by molar-refractivity contribution is 7.13. The fourth-order valence-corrected chi connectivity index (χ4v) is 2.61. The summed E-state index contributed by atoms with van der Waals surface area (Å²) in [5, 5.41) is 16.7. The van der Waals surface area contributed by atoms with Gasteiger partial charge in [0.05, 0.1) is 23.7 Å². The van der Waals surface area contributed by atoms with Gasteiger partial charge in [0, 0.05) is 6.07 Å². The van der Waals surface area contributed by atoms with E-state index in [0.717, 1.165) is 4.88 Å². The fraction of sp³-hybridized carbons (Fsp3) is 0.0769. The Bertz CT molecular complexity index is 839. The van der Waals surface area contributed by atoms with E-state index in [-0.39, 0.29) is 17.0 Å². The van der Waals surface area contributed by atoms with Crippen LogP contribution < -0.4 is 5.11 Å². The molecule has 0 amide bonds. The first-order valence-corrected chi connectivity index (χ1v) is 6.72. The molecule has 7 nitrogen and oxygen atoms in total. The highest BCUT2D eigenvalue weighted by Gasteiger charge is 2.16. The molecule has 106 valence electrons. The lowest BCUT2D eigenvalue weighted by Crippen LogP contribution is -2.22. The number of rotatable bonds is 3. The van der Waals surface area contributed by atoms with Crippen LogP contribution in [0.1, 0.15) is 21.0 Å². The molecular weight excluding hydrogens is 294 g/mol. The van der Waals surface area contributed by atoms with Crippen molar-refractivity contribution in [1.82, 2.24) is 14.6 Å². The Morgan fingerprint density at radius 2 is 2.14 bits per heavy atom. The van der Waals surface area contributed by atoms with Gasteiger partial charge in [-0.05, 0) is 17.5 Å². The quantitative estimate of drug-likeness (QED) is 0.658. The predicted octanol–water partition coefficient (Wildman–Crippen LogP) is 0.608. The van der Waals surface area contributed by atoms with Gasteiger partial charge in [-0.2, -0.15) is 5.10 Å². The Hall–Kier alpha value is -2.74. The second-order valence-electron chi connectivity index (χ2n) is 4.08. The van der Waals surface area contributed by atoms with E-state index in [9.17, 15) is 14.7 Å².